The van der Waals surface area contributed by atoms with Crippen LogP contribution in [0.1, 0.15) is 16.0 Å². The predicted molar refractivity (Wildman–Crippen MR) is 79.7 cm³/mol. The summed E-state index contributed by atoms with van der Waals surface area (Å²) in [6.07, 6.45) is 0.307. The summed E-state index contributed by atoms with van der Waals surface area (Å²) in [6.45, 7) is 0. The highest BCUT2D eigenvalue weighted by atomic mass is 79.9. The number of alkyl halides is 1. The van der Waals surface area contributed by atoms with Gasteiger partial charge in [-0.2, -0.15) is 0 Å². The molecule has 2 aromatic carbocycles. The number of benzene rings is 2. The van der Waals surface area contributed by atoms with Crippen molar-refractivity contribution in [1.29, 1.82) is 0 Å². The highest BCUT2D eigenvalue weighted by molar-refractivity contribution is 9.09. The Kier molecular flexibility index (Phi) is 5.00. The highest BCUT2D eigenvalue weighted by Gasteiger charge is 2.17. The van der Waals surface area contributed by atoms with Crippen LogP contribution in [0.5, 0.6) is 5.75 Å². The average molecular weight is 362 g/mol. The van der Waals surface area contributed by atoms with Gasteiger partial charge in [-0.3, -0.25) is 0 Å². The van der Waals surface area contributed by atoms with Crippen molar-refractivity contribution >= 4 is 27.5 Å². The van der Waals surface area contributed by atoms with E-state index in [0.29, 0.717) is 22.8 Å². The van der Waals surface area contributed by atoms with Gasteiger partial charge in [0.2, 0.25) is 0 Å². The van der Waals surface area contributed by atoms with Crippen LogP contribution in [0.4, 0.5) is 8.78 Å². The Hall–Kier alpha value is -1.13. The van der Waals surface area contributed by atoms with E-state index < -0.39 is 11.6 Å². The van der Waals surface area contributed by atoms with E-state index in [1.165, 1.54) is 13.2 Å². The van der Waals surface area contributed by atoms with Gasteiger partial charge in [-0.05, 0) is 30.2 Å². The molecule has 20 heavy (non-hydrogen) atoms. The number of rotatable bonds is 4. The standard InChI is InChI=1S/C15H12BrClF2O/c1-20-14-8-10(17)5-6-11(14)12(16)7-9-3-2-4-13(18)15(9)19/h2-6,8,12H,7H2,1H3. The van der Waals surface area contributed by atoms with E-state index in [4.69, 9.17) is 16.3 Å². The Morgan fingerprint density at radius 1 is 1.25 bits per heavy atom. The summed E-state index contributed by atoms with van der Waals surface area (Å²) in [7, 11) is 1.54. The van der Waals surface area contributed by atoms with E-state index in [1.807, 2.05) is 0 Å². The van der Waals surface area contributed by atoms with Crippen LogP contribution in [-0.2, 0) is 6.42 Å². The van der Waals surface area contributed by atoms with Gasteiger partial charge in [-0.15, -0.1) is 0 Å². The normalized spacial score (nSPS) is 12.2. The predicted octanol–water partition coefficient (Wildman–Crippen LogP) is 5.31. The van der Waals surface area contributed by atoms with E-state index >= 15 is 0 Å². The lowest BCUT2D eigenvalue weighted by Crippen LogP contribution is -2.02. The third-order valence-electron chi connectivity index (χ3n) is 2.96. The van der Waals surface area contributed by atoms with Gasteiger partial charge in [0.1, 0.15) is 5.75 Å². The molecule has 0 spiro atoms. The zero-order valence-electron chi connectivity index (χ0n) is 10.7. The molecule has 0 bridgehead atoms. The van der Waals surface area contributed by atoms with Gasteiger partial charge in [-0.1, -0.05) is 45.7 Å². The maximum Gasteiger partial charge on any atom is 0.162 e. The van der Waals surface area contributed by atoms with Crippen LogP contribution in [0.3, 0.4) is 0 Å². The summed E-state index contributed by atoms with van der Waals surface area (Å²) in [5.41, 5.74) is 1.14. The average Bonchev–Trinajstić information content (AvgIpc) is 2.43. The van der Waals surface area contributed by atoms with Crippen molar-refractivity contribution in [2.75, 3.05) is 7.11 Å². The summed E-state index contributed by atoms with van der Waals surface area (Å²) < 4.78 is 32.1. The van der Waals surface area contributed by atoms with Crippen molar-refractivity contribution in [1.82, 2.24) is 0 Å². The molecule has 5 heteroatoms. The molecule has 0 N–H and O–H groups in total. The molecule has 0 aliphatic carbocycles. The molecule has 1 atom stereocenters. The fourth-order valence-corrected chi connectivity index (χ4v) is 2.84. The van der Waals surface area contributed by atoms with Crippen LogP contribution in [0.25, 0.3) is 0 Å². The van der Waals surface area contributed by atoms with Gasteiger partial charge in [-0.25, -0.2) is 8.78 Å². The summed E-state index contributed by atoms with van der Waals surface area (Å²) in [5, 5.41) is 0.558. The first kappa shape index (κ1) is 15.3. The molecule has 1 nitrogen and oxygen atoms in total. The van der Waals surface area contributed by atoms with Gasteiger partial charge >= 0.3 is 0 Å². The monoisotopic (exact) mass is 360 g/mol. The fraction of sp³-hybridized carbons (Fsp3) is 0.200. The Labute approximate surface area is 129 Å². The van der Waals surface area contributed by atoms with Crippen molar-refractivity contribution < 1.29 is 13.5 Å². The molecule has 106 valence electrons. The van der Waals surface area contributed by atoms with Gasteiger partial charge < -0.3 is 4.74 Å². The van der Waals surface area contributed by atoms with Crippen molar-refractivity contribution in [3.63, 3.8) is 0 Å². The summed E-state index contributed by atoms with van der Waals surface area (Å²) >= 11 is 9.39. The molecule has 0 aromatic heterocycles. The van der Waals surface area contributed by atoms with Crippen LogP contribution in [-0.4, -0.2) is 7.11 Å². The SMILES string of the molecule is COc1cc(Cl)ccc1C(Br)Cc1cccc(F)c1F. The van der Waals surface area contributed by atoms with Gasteiger partial charge in [0, 0.05) is 15.4 Å². The molecule has 2 rings (SSSR count). The second-order valence-corrected chi connectivity index (χ2v) is 5.81. The lowest BCUT2D eigenvalue weighted by molar-refractivity contribution is 0.409. The van der Waals surface area contributed by atoms with Crippen LogP contribution in [0.15, 0.2) is 36.4 Å². The molecule has 0 aliphatic heterocycles. The van der Waals surface area contributed by atoms with E-state index in [0.717, 1.165) is 11.6 Å². The first-order valence-electron chi connectivity index (χ1n) is 5.93. The molecular weight excluding hydrogens is 350 g/mol. The van der Waals surface area contributed by atoms with Crippen molar-refractivity contribution in [2.24, 2.45) is 0 Å². The lowest BCUT2D eigenvalue weighted by Gasteiger charge is -2.15. The molecule has 0 fully saturated rings. The Morgan fingerprint density at radius 3 is 2.70 bits per heavy atom. The number of ether oxygens (including phenoxy) is 1. The van der Waals surface area contributed by atoms with Crippen LogP contribution >= 0.6 is 27.5 Å². The zero-order chi connectivity index (χ0) is 14.7. The minimum atomic E-state index is -0.842. The second kappa shape index (κ2) is 6.55. The van der Waals surface area contributed by atoms with Crippen molar-refractivity contribution in [3.05, 3.63) is 64.2 Å². The van der Waals surface area contributed by atoms with E-state index in [2.05, 4.69) is 15.9 Å². The Balaban J connectivity index is 2.28. The Morgan fingerprint density at radius 2 is 2.00 bits per heavy atom. The van der Waals surface area contributed by atoms with Crippen LogP contribution in [0, 0.1) is 11.6 Å². The number of hydrogen-bond donors (Lipinski definition) is 0. The minimum Gasteiger partial charge on any atom is -0.496 e. The van der Waals surface area contributed by atoms with Crippen LogP contribution < -0.4 is 4.74 Å². The van der Waals surface area contributed by atoms with Gasteiger partial charge in [0.05, 0.1) is 7.11 Å². The first-order valence-corrected chi connectivity index (χ1v) is 7.22. The van der Waals surface area contributed by atoms with E-state index in [9.17, 15) is 8.78 Å². The summed E-state index contributed by atoms with van der Waals surface area (Å²) in [4.78, 5) is -0.203. The fourth-order valence-electron chi connectivity index (χ4n) is 1.95. The van der Waals surface area contributed by atoms with Crippen molar-refractivity contribution in [2.45, 2.75) is 11.2 Å². The third kappa shape index (κ3) is 3.30. The Bertz CT molecular complexity index is 619. The molecule has 0 aliphatic rings. The quantitative estimate of drug-likeness (QED) is 0.671. The number of halogens is 4. The molecule has 0 amide bonds. The smallest absolute Gasteiger partial charge is 0.162 e. The maximum atomic E-state index is 13.7. The number of methoxy groups -OCH3 is 1. The van der Waals surface area contributed by atoms with E-state index in [1.54, 1.807) is 24.3 Å². The summed E-state index contributed by atoms with van der Waals surface area (Å²) in [5.74, 6) is -1.05. The lowest BCUT2D eigenvalue weighted by atomic mass is 10.0. The van der Waals surface area contributed by atoms with Crippen LogP contribution in [0.2, 0.25) is 5.02 Å². The third-order valence-corrected chi connectivity index (χ3v) is 4.02. The zero-order valence-corrected chi connectivity index (χ0v) is 13.0. The highest BCUT2D eigenvalue weighted by Crippen LogP contribution is 2.36. The topological polar surface area (TPSA) is 9.23 Å². The molecule has 0 saturated carbocycles. The summed E-state index contributed by atoms with van der Waals surface area (Å²) in [6, 6.07) is 9.38. The maximum absolute atomic E-state index is 13.7. The first-order chi connectivity index (χ1) is 9.52. The molecule has 0 heterocycles. The van der Waals surface area contributed by atoms with Crippen molar-refractivity contribution in [3.8, 4) is 5.75 Å². The minimum absolute atomic E-state index is 0.203. The molecular formula is C15H12BrClF2O. The second-order valence-electron chi connectivity index (χ2n) is 4.27. The molecule has 0 saturated heterocycles. The van der Waals surface area contributed by atoms with E-state index in [-0.39, 0.29) is 4.83 Å². The van der Waals surface area contributed by atoms with Gasteiger partial charge in [0.25, 0.3) is 0 Å². The molecule has 1 unspecified atom stereocenters. The molecule has 2 aromatic rings. The number of hydrogen-bond acceptors (Lipinski definition) is 1. The largest absolute Gasteiger partial charge is 0.496 e. The molecule has 0 radical (unpaired) electrons. The van der Waals surface area contributed by atoms with Gasteiger partial charge in [0.15, 0.2) is 11.6 Å².